The Morgan fingerprint density at radius 3 is 1.03 bits per heavy atom. The highest BCUT2D eigenvalue weighted by Gasteiger charge is 1.96. The van der Waals surface area contributed by atoms with Crippen molar-refractivity contribution in [3.05, 3.63) is 0 Å². The number of hydrogen-bond donors (Lipinski definition) is 0. The van der Waals surface area contributed by atoms with Crippen LogP contribution in [0.15, 0.2) is 0 Å². The number of rotatable bonds is 30. The Bertz CT molecular complexity index is 418. The topological polar surface area (TPSA) is 100 Å². The smallest absolute Gasteiger partial charge is 0.302 e. The molecule has 0 atom stereocenters. The van der Waals surface area contributed by atoms with Gasteiger partial charge in [0, 0.05) is 19.4 Å². The van der Waals surface area contributed by atoms with E-state index >= 15 is 0 Å². The minimum absolute atomic E-state index is 0.264. The van der Waals surface area contributed by atoms with Crippen LogP contribution < -0.4 is 0 Å². The van der Waals surface area contributed by atoms with Crippen LogP contribution in [-0.2, 0) is 47.4 Å². The van der Waals surface area contributed by atoms with Crippen LogP contribution in [0.1, 0.15) is 32.6 Å². The third-order valence-corrected chi connectivity index (χ3v) is 4.58. The predicted molar refractivity (Wildman–Crippen MR) is 132 cm³/mol. The van der Waals surface area contributed by atoms with Crippen LogP contribution in [0.4, 0.5) is 0 Å². The van der Waals surface area contributed by atoms with Gasteiger partial charge in [0.1, 0.15) is 6.61 Å². The second-order valence-corrected chi connectivity index (χ2v) is 7.72. The van der Waals surface area contributed by atoms with Crippen molar-refractivity contribution in [2.75, 3.05) is 118 Å². The normalized spacial score (nSPS) is 11.3. The number of alkyl halides is 1. The van der Waals surface area contributed by atoms with Crippen molar-refractivity contribution in [3.8, 4) is 0 Å². The first-order chi connectivity index (χ1) is 17.3. The van der Waals surface area contributed by atoms with E-state index in [1.54, 1.807) is 0 Å². The lowest BCUT2D eigenvalue weighted by Gasteiger charge is -2.08. The number of carbonyl (C=O) groups is 1. The van der Waals surface area contributed by atoms with Gasteiger partial charge < -0.3 is 42.6 Å². The highest BCUT2D eigenvalue weighted by atomic mass is 35.5. The Hall–Kier alpha value is -0.560. The van der Waals surface area contributed by atoms with Crippen molar-refractivity contribution in [2.24, 2.45) is 0 Å². The molecule has 0 aromatic rings. The molecule has 0 aliphatic carbocycles. The third kappa shape index (κ3) is 33.4. The highest BCUT2D eigenvalue weighted by Crippen LogP contribution is 2.01. The van der Waals surface area contributed by atoms with E-state index in [9.17, 15) is 4.79 Å². The summed E-state index contributed by atoms with van der Waals surface area (Å²) in [4.78, 5) is 10.6. The Morgan fingerprint density at radius 2 is 0.714 bits per heavy atom. The first-order valence-electron chi connectivity index (χ1n) is 12.6. The van der Waals surface area contributed by atoms with Crippen LogP contribution in [0.5, 0.6) is 0 Å². The minimum Gasteiger partial charge on any atom is -0.463 e. The zero-order chi connectivity index (χ0) is 25.5. The van der Waals surface area contributed by atoms with Gasteiger partial charge in [-0.05, 0) is 12.8 Å². The molecule has 10 nitrogen and oxygen atoms in total. The standard InChI is InChI=1S/C24H47ClO10/c1-24(26)35-23-22-34-21-20-33-19-18-32-17-16-31-15-14-30-13-12-29-11-10-28-9-8-27-7-5-3-2-4-6-25/h2-23H2,1H3. The van der Waals surface area contributed by atoms with E-state index in [0.29, 0.717) is 99.1 Å². The molecule has 0 saturated heterocycles. The quantitative estimate of drug-likeness (QED) is 0.0782. The molecule has 0 heterocycles. The zero-order valence-electron chi connectivity index (χ0n) is 21.5. The highest BCUT2D eigenvalue weighted by molar-refractivity contribution is 6.17. The summed E-state index contributed by atoms with van der Waals surface area (Å²) in [6.07, 6.45) is 4.50. The first-order valence-corrected chi connectivity index (χ1v) is 13.1. The summed E-state index contributed by atoms with van der Waals surface area (Å²) in [6.45, 7) is 10.1. The Kier molecular flexibility index (Phi) is 31.0. The van der Waals surface area contributed by atoms with Gasteiger partial charge in [0.15, 0.2) is 0 Å². The summed E-state index contributed by atoms with van der Waals surface area (Å²) in [5.74, 6) is 0.437. The molecule has 0 aliphatic rings. The van der Waals surface area contributed by atoms with E-state index in [1.807, 2.05) is 0 Å². The largest absolute Gasteiger partial charge is 0.463 e. The average Bonchev–Trinajstić information content (AvgIpc) is 2.85. The van der Waals surface area contributed by atoms with Crippen molar-refractivity contribution in [3.63, 3.8) is 0 Å². The number of esters is 1. The molecule has 0 radical (unpaired) electrons. The molecule has 0 bridgehead atoms. The summed E-state index contributed by atoms with van der Waals surface area (Å²) >= 11 is 5.64. The SMILES string of the molecule is CC(=O)OCCOCCOCCOCCOCCOCCOCCOCCOCCCCCCCl. The van der Waals surface area contributed by atoms with E-state index in [0.717, 1.165) is 25.3 Å². The molecule has 0 aromatic carbocycles. The van der Waals surface area contributed by atoms with Crippen molar-refractivity contribution in [1.29, 1.82) is 0 Å². The van der Waals surface area contributed by atoms with Gasteiger partial charge in [-0.15, -0.1) is 11.6 Å². The summed E-state index contributed by atoms with van der Waals surface area (Å²) in [5, 5.41) is 0. The maximum absolute atomic E-state index is 10.6. The van der Waals surface area contributed by atoms with Gasteiger partial charge in [-0.1, -0.05) is 12.8 Å². The molecule has 0 N–H and O–H groups in total. The molecule has 0 unspecified atom stereocenters. The average molecular weight is 531 g/mol. The number of carbonyl (C=O) groups excluding carboxylic acids is 1. The Morgan fingerprint density at radius 1 is 0.429 bits per heavy atom. The minimum atomic E-state index is -0.307. The molecular formula is C24H47ClO10. The molecule has 0 rings (SSSR count). The van der Waals surface area contributed by atoms with Gasteiger partial charge in [0.05, 0.1) is 99.1 Å². The molecule has 35 heavy (non-hydrogen) atoms. The van der Waals surface area contributed by atoms with Crippen LogP contribution in [0, 0.1) is 0 Å². The number of unbranched alkanes of at least 4 members (excludes halogenated alkanes) is 3. The van der Waals surface area contributed by atoms with Crippen molar-refractivity contribution in [2.45, 2.75) is 32.6 Å². The summed E-state index contributed by atoms with van der Waals surface area (Å²) in [6, 6.07) is 0. The molecule has 0 aliphatic heterocycles. The lowest BCUT2D eigenvalue weighted by atomic mass is 10.2. The fraction of sp³-hybridized carbons (Fsp3) is 0.958. The Balaban J connectivity index is 3.01. The summed E-state index contributed by atoms with van der Waals surface area (Å²) in [7, 11) is 0. The first kappa shape index (κ1) is 34.4. The number of halogens is 1. The molecule has 0 amide bonds. The maximum atomic E-state index is 10.6. The second kappa shape index (κ2) is 31.5. The fourth-order valence-electron chi connectivity index (χ4n) is 2.54. The van der Waals surface area contributed by atoms with Crippen LogP contribution in [-0.4, -0.2) is 124 Å². The van der Waals surface area contributed by atoms with E-state index in [2.05, 4.69) is 0 Å². The van der Waals surface area contributed by atoms with E-state index in [-0.39, 0.29) is 12.6 Å². The van der Waals surface area contributed by atoms with Crippen molar-refractivity contribution >= 4 is 17.6 Å². The van der Waals surface area contributed by atoms with E-state index in [1.165, 1.54) is 19.8 Å². The third-order valence-electron chi connectivity index (χ3n) is 4.31. The van der Waals surface area contributed by atoms with Gasteiger partial charge in [-0.2, -0.15) is 0 Å². The van der Waals surface area contributed by atoms with Gasteiger partial charge in [0.25, 0.3) is 0 Å². The molecule has 11 heteroatoms. The van der Waals surface area contributed by atoms with Crippen molar-refractivity contribution < 1.29 is 47.4 Å². The van der Waals surface area contributed by atoms with Gasteiger partial charge in [0.2, 0.25) is 0 Å². The van der Waals surface area contributed by atoms with Gasteiger partial charge in [-0.25, -0.2) is 0 Å². The predicted octanol–water partition coefficient (Wildman–Crippen LogP) is 2.48. The summed E-state index contributed by atoms with van der Waals surface area (Å²) < 4.78 is 48.0. The van der Waals surface area contributed by atoms with Gasteiger partial charge in [-0.3, -0.25) is 4.79 Å². The van der Waals surface area contributed by atoms with Crippen LogP contribution >= 0.6 is 11.6 Å². The monoisotopic (exact) mass is 530 g/mol. The number of hydrogen-bond acceptors (Lipinski definition) is 10. The Labute approximate surface area is 216 Å². The fourth-order valence-corrected chi connectivity index (χ4v) is 2.73. The number of ether oxygens (including phenoxy) is 9. The van der Waals surface area contributed by atoms with Crippen molar-refractivity contribution in [1.82, 2.24) is 0 Å². The second-order valence-electron chi connectivity index (χ2n) is 7.34. The molecular weight excluding hydrogens is 484 g/mol. The van der Waals surface area contributed by atoms with E-state index < -0.39 is 0 Å². The zero-order valence-corrected chi connectivity index (χ0v) is 22.3. The van der Waals surface area contributed by atoms with E-state index in [4.69, 9.17) is 54.2 Å². The molecule has 0 spiro atoms. The lowest BCUT2D eigenvalue weighted by molar-refractivity contribution is -0.142. The summed E-state index contributed by atoms with van der Waals surface area (Å²) in [5.41, 5.74) is 0. The molecule has 0 aromatic heterocycles. The van der Waals surface area contributed by atoms with Crippen LogP contribution in [0.2, 0.25) is 0 Å². The maximum Gasteiger partial charge on any atom is 0.302 e. The van der Waals surface area contributed by atoms with Crippen LogP contribution in [0.3, 0.4) is 0 Å². The molecule has 0 saturated carbocycles. The van der Waals surface area contributed by atoms with Gasteiger partial charge >= 0.3 is 5.97 Å². The van der Waals surface area contributed by atoms with Crippen LogP contribution in [0.25, 0.3) is 0 Å². The molecule has 210 valence electrons. The molecule has 0 fully saturated rings. The lowest BCUT2D eigenvalue weighted by Crippen LogP contribution is -2.15.